The highest BCUT2D eigenvalue weighted by atomic mass is 16.5. The molecule has 2 amide bonds. The monoisotopic (exact) mass is 509 g/mol. The van der Waals surface area contributed by atoms with E-state index in [0.717, 1.165) is 22.3 Å². The van der Waals surface area contributed by atoms with Gasteiger partial charge in [0.05, 0.1) is 17.9 Å². The average molecular weight is 509 g/mol. The molecule has 1 aliphatic carbocycles. The van der Waals surface area contributed by atoms with Gasteiger partial charge in [-0.15, -0.1) is 0 Å². The van der Waals surface area contributed by atoms with E-state index in [9.17, 15) is 24.5 Å². The summed E-state index contributed by atoms with van der Waals surface area (Å²) in [6, 6.07) is 7.15. The lowest BCUT2D eigenvalue weighted by Crippen LogP contribution is -2.46. The van der Waals surface area contributed by atoms with Gasteiger partial charge in [0.2, 0.25) is 11.8 Å². The van der Waals surface area contributed by atoms with Crippen LogP contribution in [-0.2, 0) is 19.0 Å². The first-order valence-electron chi connectivity index (χ1n) is 13.2. The summed E-state index contributed by atoms with van der Waals surface area (Å²) in [5, 5.41) is 29.4. The molecule has 9 heteroatoms. The van der Waals surface area contributed by atoms with Crippen LogP contribution in [0.4, 0.5) is 0 Å². The molecule has 0 spiro atoms. The molecule has 0 bridgehead atoms. The number of para-hydroxylation sites is 1. The van der Waals surface area contributed by atoms with Gasteiger partial charge in [-0.25, -0.2) is 0 Å². The number of hydrogen-bond acceptors (Lipinski definition) is 6. The summed E-state index contributed by atoms with van der Waals surface area (Å²) in [5.41, 5.74) is 3.92. The number of rotatable bonds is 10. The highest BCUT2D eigenvalue weighted by Gasteiger charge is 2.56. The Morgan fingerprint density at radius 1 is 1.14 bits per heavy atom. The molecule has 2 fully saturated rings. The second-order valence-electron chi connectivity index (χ2n) is 10.6. The Kier molecular flexibility index (Phi) is 8.54. The SMILES string of the molecule is CC1=C2[C@@H](CC/C(C)=C/c3ccccc3O)OB(O)C[C@@H]2[C@@H]2C(=O)N(CCCCCC(=O)O)C(=O)[C@@H]2C1. The van der Waals surface area contributed by atoms with E-state index < -0.39 is 24.9 Å². The number of unbranched alkanes of at least 4 members (excludes halogenated alkanes) is 2. The van der Waals surface area contributed by atoms with E-state index in [1.54, 1.807) is 12.1 Å². The quantitative estimate of drug-likeness (QED) is 0.188. The lowest BCUT2D eigenvalue weighted by Gasteiger charge is -2.42. The fraction of sp³-hybridized carbons (Fsp3) is 0.536. The summed E-state index contributed by atoms with van der Waals surface area (Å²) >= 11 is 0. The molecule has 0 saturated carbocycles. The zero-order valence-corrected chi connectivity index (χ0v) is 21.6. The lowest BCUT2D eigenvalue weighted by molar-refractivity contribution is -0.141. The molecule has 1 aromatic carbocycles. The number of hydrogen-bond donors (Lipinski definition) is 3. The fourth-order valence-corrected chi connectivity index (χ4v) is 6.23. The Morgan fingerprint density at radius 3 is 2.62 bits per heavy atom. The summed E-state index contributed by atoms with van der Waals surface area (Å²) in [5.74, 6) is -2.07. The number of likely N-dealkylation sites (tertiary alicyclic amines) is 1. The standard InChI is InChI=1S/C28H36BNO7/c1-17(14-19-8-5-6-9-22(19)31)11-12-23-25-18(2)15-20-26(21(25)16-29(36)37-23)28(35)30(27(20)34)13-7-3-4-10-24(32)33/h5-6,8-9,14,20-21,23,26,31,36H,3-4,7,10-13,15-16H2,1-2H3,(H,32,33)/b17-14+/t20-,21+,23-,26-/m1/s1. The van der Waals surface area contributed by atoms with Crippen molar-refractivity contribution in [1.29, 1.82) is 0 Å². The van der Waals surface area contributed by atoms with Crippen LogP contribution in [0, 0.1) is 17.8 Å². The number of aromatic hydroxyl groups is 1. The zero-order chi connectivity index (χ0) is 26.7. The number of imide groups is 1. The zero-order valence-electron chi connectivity index (χ0n) is 21.6. The molecular weight excluding hydrogens is 473 g/mol. The van der Waals surface area contributed by atoms with Crippen LogP contribution in [0.2, 0.25) is 6.32 Å². The molecule has 8 nitrogen and oxygen atoms in total. The van der Waals surface area contributed by atoms with Crippen LogP contribution < -0.4 is 0 Å². The lowest BCUT2D eigenvalue weighted by atomic mass is 9.59. The Balaban J connectivity index is 1.45. The van der Waals surface area contributed by atoms with Gasteiger partial charge in [0.25, 0.3) is 0 Å². The third-order valence-electron chi connectivity index (χ3n) is 7.96. The summed E-state index contributed by atoms with van der Waals surface area (Å²) < 4.78 is 5.96. The minimum atomic E-state index is -0.999. The first-order valence-corrected chi connectivity index (χ1v) is 13.2. The number of carboxylic acids is 1. The van der Waals surface area contributed by atoms with Crippen LogP contribution in [0.3, 0.4) is 0 Å². The maximum atomic E-state index is 13.4. The molecule has 198 valence electrons. The van der Waals surface area contributed by atoms with Crippen molar-refractivity contribution in [3.05, 3.63) is 46.5 Å². The average Bonchev–Trinajstić information content (AvgIpc) is 3.07. The van der Waals surface area contributed by atoms with Gasteiger partial charge in [0.15, 0.2) is 0 Å². The van der Waals surface area contributed by atoms with Crippen molar-refractivity contribution in [2.24, 2.45) is 17.8 Å². The van der Waals surface area contributed by atoms with Gasteiger partial charge < -0.3 is 19.9 Å². The predicted octanol–water partition coefficient (Wildman–Crippen LogP) is 4.04. The fourth-order valence-electron chi connectivity index (χ4n) is 6.23. The number of carbonyl (C=O) groups excluding carboxylic acids is 2. The van der Waals surface area contributed by atoms with Gasteiger partial charge in [0, 0.05) is 18.5 Å². The Morgan fingerprint density at radius 2 is 1.89 bits per heavy atom. The molecule has 2 saturated heterocycles. The molecule has 0 aromatic heterocycles. The van der Waals surface area contributed by atoms with Crippen molar-refractivity contribution in [2.45, 2.75) is 71.2 Å². The molecule has 1 aromatic rings. The number of aliphatic carboxylic acids is 1. The van der Waals surface area contributed by atoms with Gasteiger partial charge in [-0.2, -0.15) is 0 Å². The largest absolute Gasteiger partial charge is 0.507 e. The smallest absolute Gasteiger partial charge is 0.455 e. The van der Waals surface area contributed by atoms with E-state index in [1.807, 2.05) is 32.1 Å². The Labute approximate surface area is 218 Å². The second kappa shape index (κ2) is 11.6. The molecule has 3 N–H and O–H groups in total. The Hall–Kier alpha value is -2.91. The van der Waals surface area contributed by atoms with Crippen molar-refractivity contribution >= 4 is 31.0 Å². The van der Waals surface area contributed by atoms with Gasteiger partial charge in [-0.1, -0.05) is 41.8 Å². The third-order valence-corrected chi connectivity index (χ3v) is 7.96. The first kappa shape index (κ1) is 27.1. The van der Waals surface area contributed by atoms with Crippen molar-refractivity contribution in [1.82, 2.24) is 4.90 Å². The van der Waals surface area contributed by atoms with Crippen LogP contribution in [0.15, 0.2) is 41.0 Å². The molecule has 4 rings (SSSR count). The van der Waals surface area contributed by atoms with Crippen LogP contribution in [0.1, 0.15) is 64.4 Å². The topological polar surface area (TPSA) is 124 Å². The predicted molar refractivity (Wildman–Crippen MR) is 139 cm³/mol. The number of phenols is 1. The molecule has 2 aliphatic heterocycles. The number of carbonyl (C=O) groups is 3. The van der Waals surface area contributed by atoms with Gasteiger partial charge in [0.1, 0.15) is 5.75 Å². The molecule has 2 heterocycles. The van der Waals surface area contributed by atoms with Gasteiger partial charge in [-0.05, 0) is 69.8 Å². The van der Waals surface area contributed by atoms with Crippen molar-refractivity contribution < 1.29 is 34.3 Å². The minimum absolute atomic E-state index is 0.0855. The highest BCUT2D eigenvalue weighted by molar-refractivity contribution is 6.43. The van der Waals surface area contributed by atoms with Gasteiger partial charge in [-0.3, -0.25) is 19.3 Å². The second-order valence-corrected chi connectivity index (χ2v) is 10.6. The summed E-state index contributed by atoms with van der Waals surface area (Å²) in [6.07, 6.45) is 5.58. The molecule has 0 radical (unpaired) electrons. The number of amides is 2. The number of nitrogens with zero attached hydrogens (tertiary/aromatic N) is 1. The van der Waals surface area contributed by atoms with E-state index >= 15 is 0 Å². The van der Waals surface area contributed by atoms with Crippen LogP contribution >= 0.6 is 0 Å². The number of carboxylic acid groups (broad SMARTS) is 1. The normalized spacial score (nSPS) is 26.0. The first-order chi connectivity index (χ1) is 17.7. The molecule has 37 heavy (non-hydrogen) atoms. The van der Waals surface area contributed by atoms with Crippen molar-refractivity contribution in [3.8, 4) is 5.75 Å². The van der Waals surface area contributed by atoms with Gasteiger partial charge >= 0.3 is 13.1 Å². The minimum Gasteiger partial charge on any atom is -0.507 e. The van der Waals surface area contributed by atoms with E-state index in [0.29, 0.717) is 51.4 Å². The van der Waals surface area contributed by atoms with Crippen LogP contribution in [0.25, 0.3) is 6.08 Å². The van der Waals surface area contributed by atoms with Crippen molar-refractivity contribution in [2.75, 3.05) is 6.54 Å². The number of allylic oxidation sites excluding steroid dienone is 2. The number of benzene rings is 1. The van der Waals surface area contributed by atoms with E-state index in [1.165, 1.54) is 4.90 Å². The molecular formula is C28H36BNO7. The maximum Gasteiger partial charge on any atom is 0.455 e. The Bertz CT molecular complexity index is 1110. The van der Waals surface area contributed by atoms with E-state index in [4.69, 9.17) is 9.76 Å². The number of phenolic OH excluding ortho intramolecular Hbond substituents is 1. The van der Waals surface area contributed by atoms with E-state index in [-0.39, 0.29) is 36.0 Å². The van der Waals surface area contributed by atoms with E-state index in [2.05, 4.69) is 0 Å². The van der Waals surface area contributed by atoms with Crippen LogP contribution in [-0.4, -0.2) is 57.7 Å². The summed E-state index contributed by atoms with van der Waals surface area (Å²) in [7, 11) is -0.999. The molecule has 4 atom stereocenters. The van der Waals surface area contributed by atoms with Crippen molar-refractivity contribution in [3.63, 3.8) is 0 Å². The number of fused-ring (bicyclic) bond motifs is 3. The molecule has 3 aliphatic rings. The highest BCUT2D eigenvalue weighted by Crippen LogP contribution is 2.50. The molecule has 0 unspecified atom stereocenters. The van der Waals surface area contributed by atoms with Crippen LogP contribution in [0.5, 0.6) is 5.75 Å². The summed E-state index contributed by atoms with van der Waals surface area (Å²) in [6.45, 7) is 4.31. The third kappa shape index (κ3) is 5.99. The maximum absolute atomic E-state index is 13.4. The summed E-state index contributed by atoms with van der Waals surface area (Å²) in [4.78, 5) is 38.7.